The normalized spacial score (nSPS) is 14.8. The van der Waals surface area contributed by atoms with Crippen LogP contribution >= 0.6 is 55.1 Å². The second-order valence-electron chi connectivity index (χ2n) is 33.2. The summed E-state index contributed by atoms with van der Waals surface area (Å²) in [7, 11) is -0.361. The Morgan fingerprint density at radius 1 is 0.488 bits per heavy atom. The van der Waals surface area contributed by atoms with Crippen LogP contribution in [0.2, 0.25) is 10.0 Å². The number of halogens is 17. The third-order valence-corrected chi connectivity index (χ3v) is 25.6. The number of pyridine rings is 3. The maximum Gasteiger partial charge on any atom is 0.495 e. The van der Waals surface area contributed by atoms with Gasteiger partial charge in [-0.15, -0.1) is 0 Å². The Hall–Kier alpha value is -10.3. The van der Waals surface area contributed by atoms with Crippen molar-refractivity contribution in [3.8, 4) is 28.3 Å². The molecule has 0 spiro atoms. The van der Waals surface area contributed by atoms with Gasteiger partial charge in [-0.2, -0.15) is 59.2 Å². The van der Waals surface area contributed by atoms with Crippen LogP contribution in [-0.4, -0.2) is 109 Å². The summed E-state index contributed by atoms with van der Waals surface area (Å²) in [6.07, 6.45) is -1.98. The summed E-state index contributed by atoms with van der Waals surface area (Å²) in [4.78, 5) is 34.2. The number of aromatic amines is 2. The maximum atomic E-state index is 15.0. The molecule has 2 N–H and O–H groups in total. The van der Waals surface area contributed by atoms with Crippen molar-refractivity contribution in [1.82, 2.24) is 59.2 Å². The van der Waals surface area contributed by atoms with Crippen molar-refractivity contribution in [3.05, 3.63) is 267 Å². The highest BCUT2D eigenvalue weighted by molar-refractivity contribution is 9.10. The maximum absolute atomic E-state index is 15.0. The summed E-state index contributed by atoms with van der Waals surface area (Å²) < 4.78 is 192. The molecular formula is C93H94BBr2Cl2F13N14O4. The summed E-state index contributed by atoms with van der Waals surface area (Å²) >= 11 is 20.1. The molecular weight excluding hydrogens is 1870 g/mol. The third kappa shape index (κ3) is 20.4. The molecule has 4 aliphatic rings. The monoisotopic (exact) mass is 1960 g/mol. The standard InChI is InChI=1S/C30H26ClF4N5.C22H21BrF4N4.C21H28BrN3O2.C14H17BClNO2.C6H2F5N/c1-3-17-6-5-7-18(4-2)27(17)40-28(21-8-9-23(31)26-20(21)10-12-36-26)22-16-39(13-11-25(22)38-40)29-24(32)14-19(15-37-29)30(33,34)35;1-3-13-6-5-7-14(4-2)19(13)31-20(23)16-12-30(9-8-18(16)29-31)21-17(24)10-15(11-28-21)22(25,26)27;1-6-14-9-8-10-15(7-2)18(14)25-19(22)16-13-24(12-11-17(16)23-25)20(26)27-21(3,4)5;1-13(2)14(3,4)19-15(18-13)10-5-6-11(16)12-9(10)7-8-17-12;7-4-1-3(6(9,10)11)2-12-5(4)8/h5-10,12,14-15,36H,3-4,11,13,16H2,1-2H3;5-7,10-11H,3-4,8-9,12H2,1-2H3;8-10H,6-7,11-13H2,1-5H3;5-8,17H,1-4H3;1-2H. The van der Waals surface area contributed by atoms with Crippen molar-refractivity contribution >= 4 is 107 Å². The van der Waals surface area contributed by atoms with E-state index in [1.165, 1.54) is 22.3 Å². The Labute approximate surface area is 764 Å². The SMILES string of the molecule is CC1(C)OB(c2ccc(Cl)c3[nH]ccc23)OC1(C)C.CCc1cccc(CC)c1-n1nc2c(c1-c1ccc(Cl)c3[nH]ccc13)CN(c1ncc(C(F)(F)F)cc1F)CC2.CCc1cccc(CC)c1-n1nc2c(c1Br)CN(C(=O)OC(C)(C)C)CC2.CCc1cccc(CC)c1-n1nc2c(c1Br)CN(c1ncc(C(F)(F)F)cc1F)CC2.Fc1cc(C(F)(F)F)cnc1F. The number of carbonyl (C=O) groups is 1. The number of amides is 1. The summed E-state index contributed by atoms with van der Waals surface area (Å²) in [5, 5.41) is 18.1. The number of H-pyrrole nitrogens is 2. The van der Waals surface area contributed by atoms with Crippen LogP contribution in [0.1, 0.15) is 174 Å². The fourth-order valence-corrected chi connectivity index (χ4v) is 17.6. The molecule has 8 aromatic heterocycles. The predicted octanol–water partition coefficient (Wildman–Crippen LogP) is 24.3. The number of fused-ring (bicyclic) bond motifs is 5. The number of alkyl halides is 9. The molecule has 4 aliphatic heterocycles. The number of nitrogens with one attached hydrogen (secondary N) is 2. The first-order chi connectivity index (χ1) is 60.9. The Bertz CT molecular complexity index is 6220. The molecule has 0 atom stereocenters. The largest absolute Gasteiger partial charge is 0.495 e. The topological polar surface area (TPSA) is 178 Å². The van der Waals surface area contributed by atoms with Gasteiger partial charge in [-0.1, -0.05) is 131 Å². The number of aromatic nitrogens is 11. The quantitative estimate of drug-likeness (QED) is 0.0635. The molecule has 1 amide bonds. The number of rotatable bonds is 13. The highest BCUT2D eigenvalue weighted by Gasteiger charge is 2.52. The number of benzene rings is 5. The lowest BCUT2D eigenvalue weighted by molar-refractivity contribution is -0.138. The zero-order valence-corrected chi connectivity index (χ0v) is 77.6. The van der Waals surface area contributed by atoms with Gasteiger partial charge >= 0.3 is 31.7 Å². The molecule has 1 fully saturated rings. The molecule has 129 heavy (non-hydrogen) atoms. The Morgan fingerprint density at radius 3 is 1.28 bits per heavy atom. The van der Waals surface area contributed by atoms with Crippen LogP contribution in [0.4, 0.5) is 73.5 Å². The summed E-state index contributed by atoms with van der Waals surface area (Å²) in [5.74, 6) is -5.32. The van der Waals surface area contributed by atoms with Crippen molar-refractivity contribution in [2.75, 3.05) is 29.4 Å². The summed E-state index contributed by atoms with van der Waals surface area (Å²) in [6.45, 7) is 29.1. The number of hydrogen-bond donors (Lipinski definition) is 2. The molecule has 0 aliphatic carbocycles. The van der Waals surface area contributed by atoms with Gasteiger partial charge in [-0.05, 0) is 200 Å². The number of nitrogens with zero attached hydrogens (tertiary/aromatic N) is 12. The molecule has 5 aromatic carbocycles. The van der Waals surface area contributed by atoms with Crippen LogP contribution < -0.4 is 15.3 Å². The molecule has 0 saturated carbocycles. The molecule has 0 bridgehead atoms. The second kappa shape index (κ2) is 38.7. The molecule has 0 radical (unpaired) electrons. The van der Waals surface area contributed by atoms with E-state index in [4.69, 9.17) is 52.5 Å². The summed E-state index contributed by atoms with van der Waals surface area (Å²) in [6, 6.07) is 31.6. The minimum atomic E-state index is -4.69. The predicted molar refractivity (Wildman–Crippen MR) is 481 cm³/mol. The number of para-hydroxylation sites is 3. The second-order valence-corrected chi connectivity index (χ2v) is 35.6. The van der Waals surface area contributed by atoms with Gasteiger partial charge in [0.05, 0.1) is 95.4 Å². The molecule has 12 heterocycles. The van der Waals surface area contributed by atoms with E-state index < -0.39 is 64.2 Å². The minimum absolute atomic E-state index is 0.0579. The van der Waals surface area contributed by atoms with E-state index in [1.807, 2.05) is 89.7 Å². The zero-order valence-electron chi connectivity index (χ0n) is 72.9. The first-order valence-electron chi connectivity index (χ1n) is 42.1. The Morgan fingerprint density at radius 2 is 0.860 bits per heavy atom. The average molecular weight is 1960 g/mol. The molecule has 682 valence electrons. The summed E-state index contributed by atoms with van der Waals surface area (Å²) in [5.41, 5.74) is 15.9. The lowest BCUT2D eigenvalue weighted by Crippen LogP contribution is -2.41. The molecule has 18 nitrogen and oxygen atoms in total. The van der Waals surface area contributed by atoms with Crippen LogP contribution in [0.15, 0.2) is 149 Å². The van der Waals surface area contributed by atoms with Crippen LogP contribution in [0, 0.1) is 23.4 Å². The zero-order chi connectivity index (χ0) is 93.5. The molecule has 0 unspecified atom stereocenters. The van der Waals surface area contributed by atoms with Gasteiger partial charge in [0.25, 0.3) is 0 Å². The van der Waals surface area contributed by atoms with Gasteiger partial charge in [0.2, 0.25) is 5.95 Å². The van der Waals surface area contributed by atoms with Crippen LogP contribution in [0.5, 0.6) is 0 Å². The van der Waals surface area contributed by atoms with Crippen molar-refractivity contribution in [2.24, 2.45) is 0 Å². The van der Waals surface area contributed by atoms with Crippen molar-refractivity contribution in [1.29, 1.82) is 0 Å². The number of carbonyl (C=O) groups excluding carboxylic acids is 1. The lowest BCUT2D eigenvalue weighted by Gasteiger charge is -2.32. The average Bonchev–Trinajstić information content (AvgIpc) is 1.58. The van der Waals surface area contributed by atoms with E-state index in [9.17, 15) is 61.9 Å². The van der Waals surface area contributed by atoms with Crippen LogP contribution in [0.25, 0.3) is 50.1 Å². The smallest absolute Gasteiger partial charge is 0.444 e. The van der Waals surface area contributed by atoms with E-state index in [2.05, 4.69) is 175 Å². The molecule has 13 aromatic rings. The molecule has 17 rings (SSSR count). The molecule has 36 heteroatoms. The van der Waals surface area contributed by atoms with Crippen molar-refractivity contribution in [2.45, 2.75) is 203 Å². The first-order valence-corrected chi connectivity index (χ1v) is 44.4. The number of aryl methyl sites for hydroxylation is 6. The van der Waals surface area contributed by atoms with Gasteiger partial charge in [0, 0.05) is 116 Å². The van der Waals surface area contributed by atoms with E-state index >= 15 is 0 Å². The first kappa shape index (κ1) is 96.3. The van der Waals surface area contributed by atoms with Crippen molar-refractivity contribution < 1.29 is 75.9 Å². The number of ether oxygens (including phenoxy) is 1. The minimum Gasteiger partial charge on any atom is -0.444 e. The van der Waals surface area contributed by atoms with Gasteiger partial charge in [-0.25, -0.2) is 47.0 Å². The fraction of sp³-hybridized carbons (Fsp3) is 0.366. The Balaban J connectivity index is 0.000000144. The van der Waals surface area contributed by atoms with Gasteiger partial charge in [0.1, 0.15) is 14.8 Å². The van der Waals surface area contributed by atoms with Gasteiger partial charge in [-0.3, -0.25) is 0 Å². The van der Waals surface area contributed by atoms with Crippen molar-refractivity contribution in [3.63, 3.8) is 0 Å². The van der Waals surface area contributed by atoms with E-state index in [1.54, 1.807) is 14.7 Å². The van der Waals surface area contributed by atoms with Crippen LogP contribution in [-0.2, 0) is 110 Å². The highest BCUT2D eigenvalue weighted by Crippen LogP contribution is 2.45. The van der Waals surface area contributed by atoms with E-state index in [0.717, 1.165) is 155 Å². The van der Waals surface area contributed by atoms with Crippen LogP contribution in [0.3, 0.4) is 0 Å². The lowest BCUT2D eigenvalue weighted by atomic mass is 9.77. The highest BCUT2D eigenvalue weighted by atomic mass is 79.9. The molecule has 1 saturated heterocycles. The number of hydrogen-bond acceptors (Lipinski definition) is 12. The van der Waals surface area contributed by atoms with E-state index in [0.29, 0.717) is 80.1 Å². The van der Waals surface area contributed by atoms with Gasteiger partial charge in [0.15, 0.2) is 29.1 Å². The Kier molecular flexibility index (Phi) is 28.9. The third-order valence-electron chi connectivity index (χ3n) is 23.3. The van der Waals surface area contributed by atoms with E-state index in [-0.39, 0.29) is 54.9 Å². The van der Waals surface area contributed by atoms with Gasteiger partial charge < -0.3 is 38.7 Å². The number of anilines is 2. The fourth-order valence-electron chi connectivity index (χ4n) is 16.0.